The Morgan fingerprint density at radius 3 is 2.50 bits per heavy atom. The van der Waals surface area contributed by atoms with E-state index >= 15 is 0 Å². The van der Waals surface area contributed by atoms with Crippen LogP contribution in [0.3, 0.4) is 0 Å². The number of hydrogen-bond donors (Lipinski definition) is 8. The van der Waals surface area contributed by atoms with E-state index in [4.69, 9.17) is 22.9 Å². The molecule has 1 aromatic rings. The minimum atomic E-state index is -1.32. The van der Waals surface area contributed by atoms with E-state index in [1.54, 1.807) is 0 Å². The minimum Gasteiger partial charge on any atom is -0.480 e. The van der Waals surface area contributed by atoms with Crippen LogP contribution < -0.4 is 33.6 Å². The highest BCUT2D eigenvalue weighted by Crippen LogP contribution is 2.19. The molecule has 1 aromatic heterocycles. The van der Waals surface area contributed by atoms with Crippen LogP contribution in [0.15, 0.2) is 17.5 Å². The van der Waals surface area contributed by atoms with Crippen LogP contribution in [0.4, 0.5) is 0 Å². The van der Waals surface area contributed by atoms with Gasteiger partial charge in [-0.15, -0.1) is 0 Å². The van der Waals surface area contributed by atoms with Crippen LogP contribution in [0.2, 0.25) is 0 Å². The molecule has 2 rings (SSSR count). The molecule has 0 aromatic carbocycles. The van der Waals surface area contributed by atoms with Crippen LogP contribution >= 0.6 is 0 Å². The number of carbonyl (C=O) groups excluding carboxylic acids is 4. The quantitative estimate of drug-likeness (QED) is 0.0626. The Bertz CT molecular complexity index is 1010. The third-order valence-electron chi connectivity index (χ3n) is 6.03. The summed E-state index contributed by atoms with van der Waals surface area (Å²) in [6.07, 6.45) is 3.99. The van der Waals surface area contributed by atoms with Crippen molar-refractivity contribution in [2.24, 2.45) is 27.9 Å². The molecule has 0 spiro atoms. The number of primary amides is 1. The van der Waals surface area contributed by atoms with Gasteiger partial charge in [0.1, 0.15) is 18.1 Å². The van der Waals surface area contributed by atoms with Crippen molar-refractivity contribution in [3.05, 3.63) is 18.2 Å². The number of nitrogens with two attached hydrogens (primary N) is 4. The lowest BCUT2D eigenvalue weighted by atomic mass is 10.1. The molecule has 4 unspecified atom stereocenters. The number of aromatic amines is 1. The first kappa shape index (κ1) is 30.0. The number of carbonyl (C=O) groups is 5. The summed E-state index contributed by atoms with van der Waals surface area (Å²) >= 11 is 0. The SMILES string of the molecule is NC(=O)CCC(NC(=O)C1CCCN1C(=O)C(N)CCCN=C(N)N)C(=O)NC(Cc1cnc[nH]1)C(=O)O. The molecule has 1 aliphatic rings. The number of guanidine groups is 1. The van der Waals surface area contributed by atoms with Crippen molar-refractivity contribution < 1.29 is 29.1 Å². The van der Waals surface area contributed by atoms with Crippen molar-refractivity contribution in [3.63, 3.8) is 0 Å². The molecule has 4 amide bonds. The highest BCUT2D eigenvalue weighted by Gasteiger charge is 2.38. The summed E-state index contributed by atoms with van der Waals surface area (Å²) in [6.45, 7) is 0.615. The van der Waals surface area contributed by atoms with Crippen LogP contribution in [0.5, 0.6) is 0 Å². The van der Waals surface area contributed by atoms with Gasteiger partial charge in [0.05, 0.1) is 12.4 Å². The number of nitrogens with one attached hydrogen (secondary N) is 3. The molecular weight excluding hydrogens is 500 g/mol. The van der Waals surface area contributed by atoms with Gasteiger partial charge in [-0.25, -0.2) is 9.78 Å². The minimum absolute atomic E-state index is 0.0629. The number of likely N-dealkylation sites (tertiary alicyclic amines) is 1. The van der Waals surface area contributed by atoms with Gasteiger partial charge in [-0.2, -0.15) is 0 Å². The summed E-state index contributed by atoms with van der Waals surface area (Å²) in [4.78, 5) is 73.9. The summed E-state index contributed by atoms with van der Waals surface area (Å²) in [6, 6.07) is -4.33. The molecule has 16 heteroatoms. The predicted octanol–water partition coefficient (Wildman–Crippen LogP) is -3.36. The van der Waals surface area contributed by atoms with Gasteiger partial charge in [0, 0.05) is 37.8 Å². The van der Waals surface area contributed by atoms with Crippen LogP contribution in [-0.4, -0.2) is 92.8 Å². The summed E-state index contributed by atoms with van der Waals surface area (Å²) < 4.78 is 0. The lowest BCUT2D eigenvalue weighted by molar-refractivity contribution is -0.143. The van der Waals surface area contributed by atoms with Crippen molar-refractivity contribution in [2.45, 2.75) is 69.1 Å². The Morgan fingerprint density at radius 1 is 1.16 bits per heavy atom. The number of hydrogen-bond acceptors (Lipinski definition) is 8. The molecule has 0 saturated carbocycles. The van der Waals surface area contributed by atoms with Crippen LogP contribution in [0, 0.1) is 0 Å². The molecule has 2 heterocycles. The summed E-state index contributed by atoms with van der Waals surface area (Å²) in [5.74, 6) is -3.90. The van der Waals surface area contributed by atoms with E-state index in [1.165, 1.54) is 17.4 Å². The molecule has 12 N–H and O–H groups in total. The molecular formula is C22H36N10O6. The molecule has 0 aliphatic carbocycles. The van der Waals surface area contributed by atoms with Crippen molar-refractivity contribution in [2.75, 3.05) is 13.1 Å². The first-order valence-electron chi connectivity index (χ1n) is 12.2. The second-order valence-electron chi connectivity index (χ2n) is 8.99. The van der Waals surface area contributed by atoms with Gasteiger partial charge in [0.15, 0.2) is 5.96 Å². The Labute approximate surface area is 219 Å². The zero-order valence-electron chi connectivity index (χ0n) is 21.0. The topological polar surface area (TPSA) is 278 Å². The fraction of sp³-hybridized carbons (Fsp3) is 0.591. The fourth-order valence-corrected chi connectivity index (χ4v) is 4.07. The number of carboxylic acids is 1. The predicted molar refractivity (Wildman–Crippen MR) is 135 cm³/mol. The number of carboxylic acid groups (broad SMARTS) is 1. The smallest absolute Gasteiger partial charge is 0.326 e. The number of aliphatic imine (C=N–C) groups is 1. The number of amides is 4. The van der Waals surface area contributed by atoms with E-state index in [9.17, 15) is 29.1 Å². The molecule has 1 fully saturated rings. The number of rotatable bonds is 15. The number of aliphatic carboxylic acids is 1. The highest BCUT2D eigenvalue weighted by atomic mass is 16.4. The lowest BCUT2D eigenvalue weighted by Gasteiger charge is -2.28. The maximum Gasteiger partial charge on any atom is 0.326 e. The summed E-state index contributed by atoms with van der Waals surface area (Å²) in [5, 5.41) is 14.5. The molecule has 38 heavy (non-hydrogen) atoms. The Balaban J connectivity index is 2.05. The molecule has 1 saturated heterocycles. The van der Waals surface area contributed by atoms with E-state index in [0.29, 0.717) is 44.5 Å². The van der Waals surface area contributed by atoms with Crippen molar-refractivity contribution >= 4 is 35.6 Å². The average Bonchev–Trinajstić information content (AvgIpc) is 3.55. The first-order chi connectivity index (χ1) is 18.0. The summed E-state index contributed by atoms with van der Waals surface area (Å²) in [7, 11) is 0. The maximum atomic E-state index is 13.1. The van der Waals surface area contributed by atoms with E-state index in [2.05, 4.69) is 25.6 Å². The lowest BCUT2D eigenvalue weighted by Crippen LogP contribution is -2.57. The van der Waals surface area contributed by atoms with E-state index in [0.717, 1.165) is 0 Å². The molecule has 1 aliphatic heterocycles. The number of nitrogens with zero attached hydrogens (tertiary/aromatic N) is 3. The van der Waals surface area contributed by atoms with Gasteiger partial charge in [0.2, 0.25) is 23.6 Å². The maximum absolute atomic E-state index is 13.1. The Kier molecular flexibility index (Phi) is 11.5. The summed E-state index contributed by atoms with van der Waals surface area (Å²) in [5.41, 5.74) is 22.3. The zero-order chi connectivity index (χ0) is 28.2. The number of H-pyrrole nitrogens is 1. The largest absolute Gasteiger partial charge is 0.480 e. The zero-order valence-corrected chi connectivity index (χ0v) is 21.0. The van der Waals surface area contributed by atoms with Gasteiger partial charge in [-0.1, -0.05) is 0 Å². The average molecular weight is 537 g/mol. The van der Waals surface area contributed by atoms with Crippen LogP contribution in [0.1, 0.15) is 44.2 Å². The monoisotopic (exact) mass is 536 g/mol. The fourth-order valence-electron chi connectivity index (χ4n) is 4.07. The normalized spacial score (nSPS) is 17.2. The van der Waals surface area contributed by atoms with Crippen molar-refractivity contribution in [3.8, 4) is 0 Å². The molecule has 4 atom stereocenters. The van der Waals surface area contributed by atoms with Crippen LogP contribution in [-0.2, 0) is 30.4 Å². The van der Waals surface area contributed by atoms with Gasteiger partial charge < -0.3 is 48.6 Å². The molecule has 0 bridgehead atoms. The second-order valence-corrected chi connectivity index (χ2v) is 8.99. The Hall–Kier alpha value is -4.21. The van der Waals surface area contributed by atoms with Crippen molar-refractivity contribution in [1.29, 1.82) is 0 Å². The van der Waals surface area contributed by atoms with Crippen LogP contribution in [0.25, 0.3) is 0 Å². The second kappa shape index (κ2) is 14.5. The van der Waals surface area contributed by atoms with E-state index < -0.39 is 53.8 Å². The van der Waals surface area contributed by atoms with Gasteiger partial charge in [-0.3, -0.25) is 24.2 Å². The number of imidazole rings is 1. The standard InChI is InChI=1S/C22H36N10O6/c23-13(3-1-7-28-22(25)26)20(36)32-8-2-4-16(32)19(35)30-14(5-6-17(24)33)18(34)31-15(21(37)38)9-12-10-27-11-29-12/h10-11,13-16H,1-9,23H2,(H2,24,33)(H,27,29)(H,30,35)(H,31,34)(H,37,38)(H4,25,26,28). The van der Waals surface area contributed by atoms with Gasteiger partial charge in [-0.05, 0) is 32.1 Å². The van der Waals surface area contributed by atoms with Crippen molar-refractivity contribution in [1.82, 2.24) is 25.5 Å². The van der Waals surface area contributed by atoms with E-state index in [-0.39, 0.29) is 25.2 Å². The third kappa shape index (κ3) is 9.34. The first-order valence-corrected chi connectivity index (χ1v) is 12.2. The highest BCUT2D eigenvalue weighted by molar-refractivity contribution is 5.94. The van der Waals surface area contributed by atoms with E-state index in [1.807, 2.05) is 0 Å². The third-order valence-corrected chi connectivity index (χ3v) is 6.03. The molecule has 16 nitrogen and oxygen atoms in total. The van der Waals surface area contributed by atoms with Gasteiger partial charge >= 0.3 is 5.97 Å². The number of aromatic nitrogens is 2. The van der Waals surface area contributed by atoms with Gasteiger partial charge in [0.25, 0.3) is 0 Å². The molecule has 0 radical (unpaired) electrons. The Morgan fingerprint density at radius 2 is 1.89 bits per heavy atom. The molecule has 210 valence electrons.